The molecule has 2 aromatic heterocycles. The minimum Gasteiger partial charge on any atom is -0.863 e. The van der Waals surface area contributed by atoms with E-state index >= 15 is 0 Å². The van der Waals surface area contributed by atoms with Crippen LogP contribution in [-0.2, 0) is 28.0 Å². The van der Waals surface area contributed by atoms with Gasteiger partial charge in [0, 0.05) is 24.8 Å². The van der Waals surface area contributed by atoms with Gasteiger partial charge in [0.2, 0.25) is 11.8 Å². The maximum atomic E-state index is 11.1. The summed E-state index contributed by atoms with van der Waals surface area (Å²) in [5.41, 5.74) is 4.23. The smallest absolute Gasteiger partial charge is 0.863 e. The number of nitrogens with two attached hydrogens (primary N) is 2. The molecule has 31 heteroatoms. The van der Waals surface area contributed by atoms with Crippen molar-refractivity contribution in [1.29, 1.82) is 0 Å². The number of rotatable bonds is 8. The third-order valence-electron chi connectivity index (χ3n) is 5.17. The monoisotopic (exact) mass is 837 g/mol. The zero-order valence-electron chi connectivity index (χ0n) is 26.6. The van der Waals surface area contributed by atoms with Crippen molar-refractivity contribution in [2.75, 3.05) is 0 Å². The van der Waals surface area contributed by atoms with Gasteiger partial charge in [0.1, 0.15) is 0 Å². The van der Waals surface area contributed by atoms with Crippen molar-refractivity contribution in [3.63, 3.8) is 0 Å². The molecular weight excluding hydrogens is 812 g/mol. The van der Waals surface area contributed by atoms with Gasteiger partial charge in [-0.1, -0.05) is 0 Å². The summed E-state index contributed by atoms with van der Waals surface area (Å²) in [7, 11) is 0. The molecule has 30 nitrogen and oxygen atoms in total. The van der Waals surface area contributed by atoms with E-state index in [0.717, 1.165) is 0 Å². The fraction of sp³-hybridized carbons (Fsp3) is 0. The number of hydrogen-bond acceptors (Lipinski definition) is 18. The first kappa shape index (κ1) is 56.4. The SMILES string of the molecule is NC(=O)c1cccnc1.NC(=O)c1cccnc1.O.O.O=[N+]([O-])c1cc([N+](=O)[O-])c([O-])c([N+](=O)[O-])c1.O=[N+]([O-])c1cc([N+](=O)[O-])c([O-])c([N+](=O)[O-])c1.[Cu+2].[OH3+].[OH3+]. The van der Waals surface area contributed by atoms with Crippen LogP contribution in [0.1, 0.15) is 20.7 Å². The first-order chi connectivity index (χ1) is 23.3. The number of nitro groups is 6. The van der Waals surface area contributed by atoms with Gasteiger partial charge in [-0.15, -0.1) is 0 Å². The molecule has 4 rings (SSSR count). The molecule has 0 aliphatic carbocycles. The van der Waals surface area contributed by atoms with Gasteiger partial charge < -0.3 is 43.6 Å². The van der Waals surface area contributed by atoms with E-state index in [1.807, 2.05) is 0 Å². The Morgan fingerprint density at radius 3 is 0.873 bits per heavy atom. The molecule has 0 unspecified atom stereocenters. The van der Waals surface area contributed by atoms with E-state index in [9.17, 15) is 80.5 Å². The van der Waals surface area contributed by atoms with E-state index in [-0.39, 0.29) is 39.0 Å². The Kier molecular flexibility index (Phi) is 26.6. The molecule has 2 heterocycles. The van der Waals surface area contributed by atoms with Crippen LogP contribution < -0.4 is 21.7 Å². The van der Waals surface area contributed by atoms with Crippen LogP contribution in [0.15, 0.2) is 73.3 Å². The molecule has 301 valence electrons. The van der Waals surface area contributed by atoms with Gasteiger partial charge in [-0.3, -0.25) is 80.2 Å². The maximum Gasteiger partial charge on any atom is 2.00 e. The van der Waals surface area contributed by atoms with Crippen molar-refractivity contribution in [3.05, 3.63) is 145 Å². The van der Waals surface area contributed by atoms with Gasteiger partial charge >= 0.3 is 17.1 Å². The number of primary amides is 2. The third-order valence-corrected chi connectivity index (χ3v) is 5.17. The molecule has 0 fully saturated rings. The second-order valence-corrected chi connectivity index (χ2v) is 8.38. The third kappa shape index (κ3) is 17.2. The number of carbonyl (C=O) groups excluding carboxylic acids is 2. The number of pyridine rings is 2. The van der Waals surface area contributed by atoms with Gasteiger partial charge in [-0.05, 0) is 24.3 Å². The Labute approximate surface area is 312 Å². The van der Waals surface area contributed by atoms with E-state index in [1.165, 1.54) is 12.4 Å². The quantitative estimate of drug-likeness (QED) is 0.0825. The first-order valence-electron chi connectivity index (χ1n) is 12.3. The van der Waals surface area contributed by atoms with Crippen molar-refractivity contribution in [1.82, 2.24) is 9.97 Å². The predicted octanol–water partition coefficient (Wildman–Crippen LogP) is -2.17. The van der Waals surface area contributed by atoms with E-state index in [2.05, 4.69) is 9.97 Å². The van der Waals surface area contributed by atoms with Crippen LogP contribution in [0.4, 0.5) is 34.1 Å². The molecule has 4 aromatic rings. The van der Waals surface area contributed by atoms with Gasteiger partial charge in [0.15, 0.2) is 0 Å². The van der Waals surface area contributed by atoms with E-state index in [1.54, 1.807) is 36.7 Å². The number of carbonyl (C=O) groups is 2. The van der Waals surface area contributed by atoms with Crippen LogP contribution in [0.3, 0.4) is 0 Å². The van der Waals surface area contributed by atoms with Crippen molar-refractivity contribution in [2.24, 2.45) is 11.5 Å². The largest absolute Gasteiger partial charge is 2.00 e. The summed E-state index contributed by atoms with van der Waals surface area (Å²) in [6.07, 6.45) is 6.05. The first-order valence-corrected chi connectivity index (χ1v) is 12.3. The minimum atomic E-state index is -1.46. The summed E-state index contributed by atoms with van der Waals surface area (Å²) in [6, 6.07) is 8.11. The molecular formula is C24H26CuN10O20+2. The molecule has 0 spiro atoms. The Morgan fingerprint density at radius 1 is 0.509 bits per heavy atom. The Hall–Kier alpha value is -7.96. The molecule has 0 saturated heterocycles. The summed E-state index contributed by atoms with van der Waals surface area (Å²) in [5, 5.41) is 84.2. The Bertz CT molecular complexity index is 1760. The van der Waals surface area contributed by atoms with E-state index in [0.29, 0.717) is 35.4 Å². The molecule has 0 bridgehead atoms. The van der Waals surface area contributed by atoms with Crippen LogP contribution in [0.25, 0.3) is 0 Å². The number of aromatic nitrogens is 2. The average Bonchev–Trinajstić information content (AvgIpc) is 3.05. The summed E-state index contributed by atoms with van der Waals surface area (Å²) in [5.74, 6) is -3.80. The molecule has 0 saturated carbocycles. The van der Waals surface area contributed by atoms with Crippen LogP contribution in [0, 0.1) is 60.7 Å². The van der Waals surface area contributed by atoms with Crippen LogP contribution in [0.5, 0.6) is 11.5 Å². The van der Waals surface area contributed by atoms with E-state index < -0.39 is 87.0 Å². The molecule has 2 amide bonds. The Morgan fingerprint density at radius 2 is 0.745 bits per heavy atom. The number of benzene rings is 2. The number of hydrogen-bond donors (Lipinski definition) is 2. The van der Waals surface area contributed by atoms with Gasteiger partial charge in [0.05, 0.1) is 76.4 Å². The maximum absolute atomic E-state index is 11.1. The molecule has 0 aliphatic heterocycles. The standard InChI is InChI=1S/2C6H3N3O7.2C6H6N2O.Cu.4H2O/c2*10-6-4(8(13)14)1-3(7(11)12)2-5(6)9(15)16;2*7-6(9)5-2-1-3-8-4-5;;;;;/h2*1-2,10H;2*1-4H,(H2,7,9);;4*1H2/q;;;;+2;;;;. The van der Waals surface area contributed by atoms with Crippen LogP contribution >= 0.6 is 0 Å². The van der Waals surface area contributed by atoms with Crippen LogP contribution in [-0.4, -0.2) is 62.3 Å². The molecule has 1 radical (unpaired) electrons. The van der Waals surface area contributed by atoms with Gasteiger partial charge in [-0.25, -0.2) is 0 Å². The summed E-state index contributed by atoms with van der Waals surface area (Å²) in [6.45, 7) is 0. The number of nitro benzene ring substituents is 6. The summed E-state index contributed by atoms with van der Waals surface area (Å²) < 4.78 is 0. The van der Waals surface area contributed by atoms with Crippen molar-refractivity contribution in [2.45, 2.75) is 0 Å². The fourth-order valence-electron chi connectivity index (χ4n) is 2.94. The van der Waals surface area contributed by atoms with Crippen LogP contribution in [0.2, 0.25) is 0 Å². The fourth-order valence-corrected chi connectivity index (χ4v) is 2.94. The van der Waals surface area contributed by atoms with Gasteiger partial charge in [0.25, 0.3) is 34.1 Å². The van der Waals surface area contributed by atoms with Gasteiger partial charge in [-0.2, -0.15) is 0 Å². The molecule has 14 N–H and O–H groups in total. The van der Waals surface area contributed by atoms with Crippen molar-refractivity contribution >= 4 is 45.9 Å². The zero-order chi connectivity index (χ0) is 38.3. The Balaban J connectivity index is -0.000000202. The van der Waals surface area contributed by atoms with Crippen molar-refractivity contribution in [3.8, 4) is 11.5 Å². The number of nitrogens with zero attached hydrogens (tertiary/aromatic N) is 8. The average molecular weight is 838 g/mol. The predicted molar refractivity (Wildman–Crippen MR) is 174 cm³/mol. The molecule has 0 aliphatic rings. The number of non-ortho nitro benzene ring substituents is 2. The summed E-state index contributed by atoms with van der Waals surface area (Å²) in [4.78, 5) is 83.2. The minimum absolute atomic E-state index is 0. The second kappa shape index (κ2) is 25.9. The van der Waals surface area contributed by atoms with E-state index in [4.69, 9.17) is 11.5 Å². The molecule has 0 atom stereocenters. The topological polar surface area (TPSA) is 546 Å². The summed E-state index contributed by atoms with van der Waals surface area (Å²) >= 11 is 0. The zero-order valence-corrected chi connectivity index (χ0v) is 27.6. The number of amides is 2. The second-order valence-electron chi connectivity index (χ2n) is 8.38. The molecule has 2 aromatic carbocycles. The molecule has 55 heavy (non-hydrogen) atoms. The van der Waals surface area contributed by atoms with Crippen molar-refractivity contribution < 1.29 is 88.3 Å². The normalized spacial score (nSPS) is 8.58.